The number of benzene rings is 2. The smallest absolute Gasteiger partial charge is 0.305 e. The summed E-state index contributed by atoms with van der Waals surface area (Å²) in [5, 5.41) is 0.891. The van der Waals surface area contributed by atoms with Crippen molar-refractivity contribution in [1.29, 1.82) is 0 Å². The van der Waals surface area contributed by atoms with E-state index in [0.717, 1.165) is 34.7 Å². The molecule has 2 aromatic carbocycles. The van der Waals surface area contributed by atoms with Gasteiger partial charge in [0.1, 0.15) is 5.58 Å². The molecular weight excluding hydrogens is 408 g/mol. The molecule has 6 heteroatoms. The number of hydrazine groups is 1. The molecule has 2 amide bonds. The Bertz CT molecular complexity index is 948. The van der Waals surface area contributed by atoms with Gasteiger partial charge in [-0.1, -0.05) is 46.3 Å². The Labute approximate surface area is 166 Å². The minimum atomic E-state index is -0.452. The number of amides is 2. The number of furan rings is 1. The quantitative estimate of drug-likeness (QED) is 0.442. The second kappa shape index (κ2) is 8.86. The number of unbranched alkanes of at least 4 members (excludes halogenated alkanes) is 1. The second-order valence-electron chi connectivity index (χ2n) is 6.39. The van der Waals surface area contributed by atoms with Crippen LogP contribution < -0.4 is 10.9 Å². The molecule has 0 aliphatic heterocycles. The van der Waals surface area contributed by atoms with Crippen LogP contribution in [0, 0.1) is 6.92 Å². The summed E-state index contributed by atoms with van der Waals surface area (Å²) in [7, 11) is 0. The Morgan fingerprint density at radius 1 is 1.00 bits per heavy atom. The van der Waals surface area contributed by atoms with Crippen LogP contribution >= 0.6 is 15.9 Å². The van der Waals surface area contributed by atoms with Crippen LogP contribution in [0.1, 0.15) is 40.9 Å². The van der Waals surface area contributed by atoms with Crippen LogP contribution in [-0.2, 0) is 11.2 Å². The SMILES string of the molecule is Cc1c(C(=O)NNC(=O)CCCCc2ccc(Br)cc2)oc2ccccc12. The van der Waals surface area contributed by atoms with Gasteiger partial charge in [-0.2, -0.15) is 0 Å². The number of nitrogens with one attached hydrogen (secondary N) is 2. The summed E-state index contributed by atoms with van der Waals surface area (Å²) in [6.45, 7) is 1.82. The molecule has 0 radical (unpaired) electrons. The molecule has 1 aromatic heterocycles. The van der Waals surface area contributed by atoms with Crippen LogP contribution in [0.5, 0.6) is 0 Å². The summed E-state index contributed by atoms with van der Waals surface area (Å²) in [5.41, 5.74) is 7.53. The zero-order chi connectivity index (χ0) is 19.2. The molecule has 0 unspecified atom stereocenters. The molecule has 0 aliphatic carbocycles. The van der Waals surface area contributed by atoms with Crippen LogP contribution in [0.2, 0.25) is 0 Å². The number of carbonyl (C=O) groups excluding carboxylic acids is 2. The minimum Gasteiger partial charge on any atom is -0.451 e. The molecule has 1 heterocycles. The van der Waals surface area contributed by atoms with E-state index in [2.05, 4.69) is 38.9 Å². The van der Waals surface area contributed by atoms with Crippen LogP contribution in [-0.4, -0.2) is 11.8 Å². The summed E-state index contributed by atoms with van der Waals surface area (Å²) >= 11 is 3.41. The molecule has 0 aliphatic rings. The number of hydrogen-bond donors (Lipinski definition) is 2. The van der Waals surface area contributed by atoms with E-state index in [1.165, 1.54) is 5.56 Å². The highest BCUT2D eigenvalue weighted by Crippen LogP contribution is 2.24. The van der Waals surface area contributed by atoms with Crippen molar-refractivity contribution < 1.29 is 14.0 Å². The van der Waals surface area contributed by atoms with Crippen LogP contribution in [0.4, 0.5) is 0 Å². The van der Waals surface area contributed by atoms with Gasteiger partial charge in [-0.15, -0.1) is 0 Å². The molecule has 3 aromatic rings. The van der Waals surface area contributed by atoms with Gasteiger partial charge in [-0.3, -0.25) is 20.4 Å². The topological polar surface area (TPSA) is 71.3 Å². The van der Waals surface area contributed by atoms with Crippen molar-refractivity contribution in [2.45, 2.75) is 32.6 Å². The highest BCUT2D eigenvalue weighted by molar-refractivity contribution is 9.10. The number of rotatable bonds is 6. The highest BCUT2D eigenvalue weighted by atomic mass is 79.9. The Hall–Kier alpha value is -2.60. The number of hydrogen-bond acceptors (Lipinski definition) is 3. The Kier molecular flexibility index (Phi) is 6.29. The standard InChI is InChI=1S/C21H21BrN2O3/c1-14-17-7-3-4-8-18(17)27-20(14)21(26)24-23-19(25)9-5-2-6-15-10-12-16(22)13-11-15/h3-4,7-8,10-13H,2,5-6,9H2,1H3,(H,23,25)(H,24,26). The number of halogens is 1. The molecule has 0 spiro atoms. The summed E-state index contributed by atoms with van der Waals surface area (Å²) in [6, 6.07) is 15.6. The third-order valence-electron chi connectivity index (χ3n) is 4.40. The van der Waals surface area contributed by atoms with E-state index in [1.54, 1.807) is 0 Å². The number of para-hydroxylation sites is 1. The summed E-state index contributed by atoms with van der Waals surface area (Å²) in [5.74, 6) is -0.452. The lowest BCUT2D eigenvalue weighted by molar-refractivity contribution is -0.122. The molecule has 27 heavy (non-hydrogen) atoms. The Balaban J connectivity index is 1.42. The van der Waals surface area contributed by atoms with Crippen molar-refractivity contribution in [3.63, 3.8) is 0 Å². The Morgan fingerprint density at radius 2 is 1.74 bits per heavy atom. The fourth-order valence-corrected chi connectivity index (χ4v) is 3.17. The Morgan fingerprint density at radius 3 is 2.48 bits per heavy atom. The summed E-state index contributed by atoms with van der Waals surface area (Å²) in [4.78, 5) is 24.2. The number of fused-ring (bicyclic) bond motifs is 1. The van der Waals surface area contributed by atoms with E-state index in [1.807, 2.05) is 43.3 Å². The van der Waals surface area contributed by atoms with Crippen molar-refractivity contribution in [3.8, 4) is 0 Å². The normalized spacial score (nSPS) is 10.7. The van der Waals surface area contributed by atoms with Gasteiger partial charge in [0.2, 0.25) is 5.91 Å². The molecule has 5 nitrogen and oxygen atoms in total. The van der Waals surface area contributed by atoms with Gasteiger partial charge in [0.25, 0.3) is 0 Å². The predicted molar refractivity (Wildman–Crippen MR) is 108 cm³/mol. The first-order chi connectivity index (χ1) is 13.0. The van der Waals surface area contributed by atoms with Crippen molar-refractivity contribution in [2.75, 3.05) is 0 Å². The molecule has 0 fully saturated rings. The number of aryl methyl sites for hydroxylation is 2. The zero-order valence-electron chi connectivity index (χ0n) is 15.0. The largest absolute Gasteiger partial charge is 0.451 e. The van der Waals surface area contributed by atoms with E-state index in [4.69, 9.17) is 4.42 Å². The zero-order valence-corrected chi connectivity index (χ0v) is 16.6. The highest BCUT2D eigenvalue weighted by Gasteiger charge is 2.17. The first kappa shape index (κ1) is 19.2. The lowest BCUT2D eigenvalue weighted by Crippen LogP contribution is -2.41. The lowest BCUT2D eigenvalue weighted by Gasteiger charge is -2.06. The van der Waals surface area contributed by atoms with E-state index in [-0.39, 0.29) is 11.7 Å². The molecule has 0 bridgehead atoms. The van der Waals surface area contributed by atoms with Crippen LogP contribution in [0.15, 0.2) is 57.4 Å². The monoisotopic (exact) mass is 428 g/mol. The molecule has 140 valence electrons. The average Bonchev–Trinajstić information content (AvgIpc) is 3.02. The van der Waals surface area contributed by atoms with Crippen molar-refractivity contribution in [3.05, 3.63) is 69.9 Å². The first-order valence-corrected chi connectivity index (χ1v) is 9.65. The molecule has 3 rings (SSSR count). The van der Waals surface area contributed by atoms with Gasteiger partial charge in [0.05, 0.1) is 0 Å². The minimum absolute atomic E-state index is 0.215. The fraction of sp³-hybridized carbons (Fsp3) is 0.238. The third kappa shape index (κ3) is 4.98. The maximum Gasteiger partial charge on any atom is 0.305 e. The van der Waals surface area contributed by atoms with Crippen molar-refractivity contribution in [1.82, 2.24) is 10.9 Å². The molecule has 2 N–H and O–H groups in total. The predicted octanol–water partition coefficient (Wildman–Crippen LogP) is 4.68. The average molecular weight is 429 g/mol. The molecule has 0 atom stereocenters. The van der Waals surface area contributed by atoms with Gasteiger partial charge in [-0.25, -0.2) is 0 Å². The van der Waals surface area contributed by atoms with Gasteiger partial charge >= 0.3 is 5.91 Å². The van der Waals surface area contributed by atoms with Gasteiger partial charge in [-0.05, 0) is 49.9 Å². The summed E-state index contributed by atoms with van der Waals surface area (Å²) < 4.78 is 6.64. The molecular formula is C21H21BrN2O3. The maximum atomic E-state index is 12.3. The molecule has 0 saturated heterocycles. The third-order valence-corrected chi connectivity index (χ3v) is 4.93. The van der Waals surface area contributed by atoms with E-state index < -0.39 is 5.91 Å². The molecule has 0 saturated carbocycles. The lowest BCUT2D eigenvalue weighted by atomic mass is 10.1. The van der Waals surface area contributed by atoms with E-state index in [0.29, 0.717) is 12.0 Å². The fourth-order valence-electron chi connectivity index (χ4n) is 2.90. The van der Waals surface area contributed by atoms with Crippen molar-refractivity contribution >= 4 is 38.7 Å². The number of carbonyl (C=O) groups is 2. The van der Waals surface area contributed by atoms with Crippen LogP contribution in [0.3, 0.4) is 0 Å². The van der Waals surface area contributed by atoms with Gasteiger partial charge in [0.15, 0.2) is 5.76 Å². The van der Waals surface area contributed by atoms with Crippen molar-refractivity contribution in [2.24, 2.45) is 0 Å². The van der Waals surface area contributed by atoms with Crippen LogP contribution in [0.25, 0.3) is 11.0 Å². The van der Waals surface area contributed by atoms with E-state index >= 15 is 0 Å². The van der Waals surface area contributed by atoms with Gasteiger partial charge in [0, 0.05) is 21.8 Å². The van der Waals surface area contributed by atoms with Gasteiger partial charge < -0.3 is 4.42 Å². The van der Waals surface area contributed by atoms with E-state index in [9.17, 15) is 9.59 Å². The maximum absolute atomic E-state index is 12.3. The summed E-state index contributed by atoms with van der Waals surface area (Å²) in [6.07, 6.45) is 2.94. The first-order valence-electron chi connectivity index (χ1n) is 8.86. The second-order valence-corrected chi connectivity index (χ2v) is 7.30.